The molecule has 0 bridgehead atoms. The van der Waals surface area contributed by atoms with Crippen molar-refractivity contribution in [2.45, 2.75) is 12.8 Å². The molecule has 0 spiro atoms. The third-order valence-electron chi connectivity index (χ3n) is 5.37. The van der Waals surface area contributed by atoms with Crippen LogP contribution >= 0.6 is 0 Å². The van der Waals surface area contributed by atoms with E-state index < -0.39 is 0 Å². The summed E-state index contributed by atoms with van der Waals surface area (Å²) in [6.07, 6.45) is 3.30. The summed E-state index contributed by atoms with van der Waals surface area (Å²) >= 11 is 0. The Morgan fingerprint density at radius 1 is 1.00 bits per heavy atom. The molecule has 0 saturated carbocycles. The lowest BCUT2D eigenvalue weighted by molar-refractivity contribution is -0.132. The second kappa shape index (κ2) is 7.92. The van der Waals surface area contributed by atoms with Gasteiger partial charge in [0.05, 0.1) is 6.42 Å². The number of carbonyl (C=O) groups is 1. The molecule has 0 aliphatic carbocycles. The zero-order valence-electron chi connectivity index (χ0n) is 15.3. The Balaban J connectivity index is 1.27. The largest absolute Gasteiger partial charge is 0.361 e. The molecule has 1 N–H and O–H groups in total. The molecule has 0 unspecified atom stereocenters. The molecule has 0 radical (unpaired) electrons. The fraction of sp³-hybridized carbons (Fsp3) is 0.318. The second-order valence-corrected chi connectivity index (χ2v) is 7.14. The maximum atomic E-state index is 13.0. The van der Waals surface area contributed by atoms with Crippen LogP contribution in [-0.4, -0.2) is 53.4 Å². The van der Waals surface area contributed by atoms with Gasteiger partial charge in [-0.15, -0.1) is 0 Å². The highest BCUT2D eigenvalue weighted by molar-refractivity contribution is 5.88. The Kier molecular flexibility index (Phi) is 5.21. The van der Waals surface area contributed by atoms with Crippen LogP contribution in [0.2, 0.25) is 0 Å². The third kappa shape index (κ3) is 4.19. The number of amides is 1. The molecule has 4 nitrogen and oxygen atoms in total. The molecule has 1 saturated heterocycles. The number of piperazine rings is 1. The minimum atomic E-state index is -0.193. The minimum absolute atomic E-state index is 0.193. The van der Waals surface area contributed by atoms with Crippen LogP contribution in [0.3, 0.4) is 0 Å². The molecule has 0 atom stereocenters. The first-order valence-electron chi connectivity index (χ1n) is 9.48. The van der Waals surface area contributed by atoms with E-state index in [4.69, 9.17) is 0 Å². The number of para-hydroxylation sites is 1. The van der Waals surface area contributed by atoms with Gasteiger partial charge in [0.25, 0.3) is 0 Å². The van der Waals surface area contributed by atoms with Crippen LogP contribution in [-0.2, 0) is 17.6 Å². The monoisotopic (exact) mass is 365 g/mol. The van der Waals surface area contributed by atoms with Crippen molar-refractivity contribution < 1.29 is 9.18 Å². The van der Waals surface area contributed by atoms with E-state index in [1.807, 2.05) is 41.4 Å². The van der Waals surface area contributed by atoms with Gasteiger partial charge >= 0.3 is 0 Å². The van der Waals surface area contributed by atoms with Crippen LogP contribution in [0.5, 0.6) is 0 Å². The number of H-pyrrole nitrogens is 1. The average Bonchev–Trinajstić information content (AvgIpc) is 3.11. The summed E-state index contributed by atoms with van der Waals surface area (Å²) in [5, 5.41) is 1.13. The summed E-state index contributed by atoms with van der Waals surface area (Å²) in [4.78, 5) is 20.3. The van der Waals surface area contributed by atoms with Crippen molar-refractivity contribution in [3.05, 3.63) is 71.7 Å². The van der Waals surface area contributed by atoms with Gasteiger partial charge in [0.15, 0.2) is 0 Å². The fourth-order valence-electron chi connectivity index (χ4n) is 3.71. The lowest BCUT2D eigenvalue weighted by Gasteiger charge is -2.34. The number of nitrogens with one attached hydrogen (secondary N) is 1. The van der Waals surface area contributed by atoms with Crippen molar-refractivity contribution in [1.29, 1.82) is 0 Å². The van der Waals surface area contributed by atoms with Gasteiger partial charge in [-0.25, -0.2) is 4.39 Å². The molecule has 1 amide bonds. The van der Waals surface area contributed by atoms with Crippen molar-refractivity contribution >= 4 is 16.8 Å². The zero-order valence-corrected chi connectivity index (χ0v) is 15.3. The molecule has 1 aliphatic rings. The normalized spacial score (nSPS) is 15.4. The molecule has 1 fully saturated rings. The minimum Gasteiger partial charge on any atom is -0.361 e. The predicted molar refractivity (Wildman–Crippen MR) is 105 cm³/mol. The highest BCUT2D eigenvalue weighted by Crippen LogP contribution is 2.19. The molecule has 140 valence electrons. The third-order valence-corrected chi connectivity index (χ3v) is 5.37. The fourth-order valence-corrected chi connectivity index (χ4v) is 3.71. The van der Waals surface area contributed by atoms with E-state index in [0.29, 0.717) is 6.42 Å². The van der Waals surface area contributed by atoms with Gasteiger partial charge < -0.3 is 9.88 Å². The van der Waals surface area contributed by atoms with E-state index in [1.165, 1.54) is 12.1 Å². The smallest absolute Gasteiger partial charge is 0.227 e. The number of aromatic amines is 1. The summed E-state index contributed by atoms with van der Waals surface area (Å²) in [6.45, 7) is 4.26. The Labute approximate surface area is 158 Å². The molecule has 4 rings (SSSR count). The Bertz CT molecular complexity index is 911. The van der Waals surface area contributed by atoms with E-state index >= 15 is 0 Å². The Hall–Kier alpha value is -2.66. The number of aromatic nitrogens is 1. The number of carbonyl (C=O) groups excluding carboxylic acids is 1. The van der Waals surface area contributed by atoms with Gasteiger partial charge in [-0.1, -0.05) is 30.3 Å². The van der Waals surface area contributed by atoms with Gasteiger partial charge in [-0.05, 0) is 35.7 Å². The zero-order chi connectivity index (χ0) is 18.6. The summed E-state index contributed by atoms with van der Waals surface area (Å²) in [5.41, 5.74) is 3.29. The molecule has 1 aromatic heterocycles. The van der Waals surface area contributed by atoms with E-state index in [-0.39, 0.29) is 11.7 Å². The van der Waals surface area contributed by atoms with E-state index in [0.717, 1.165) is 61.2 Å². The SMILES string of the molecule is O=C(Cc1c[nH]c2ccccc12)N1CCN(CCc2ccc(F)cc2)CC1. The molecule has 2 heterocycles. The Morgan fingerprint density at radius 3 is 2.52 bits per heavy atom. The lowest BCUT2D eigenvalue weighted by atomic mass is 10.1. The number of fused-ring (bicyclic) bond motifs is 1. The summed E-state index contributed by atoms with van der Waals surface area (Å²) in [7, 11) is 0. The van der Waals surface area contributed by atoms with Crippen LogP contribution in [0.4, 0.5) is 4.39 Å². The molecule has 27 heavy (non-hydrogen) atoms. The molecule has 3 aromatic rings. The van der Waals surface area contributed by atoms with Crippen molar-refractivity contribution in [3.8, 4) is 0 Å². The van der Waals surface area contributed by atoms with Crippen molar-refractivity contribution in [2.75, 3.05) is 32.7 Å². The number of rotatable bonds is 5. The van der Waals surface area contributed by atoms with Gasteiger partial charge in [0, 0.05) is 49.8 Å². The highest BCUT2D eigenvalue weighted by atomic mass is 19.1. The maximum Gasteiger partial charge on any atom is 0.227 e. The van der Waals surface area contributed by atoms with Crippen LogP contribution in [0.1, 0.15) is 11.1 Å². The number of hydrogen-bond donors (Lipinski definition) is 1. The summed E-state index contributed by atoms with van der Waals surface area (Å²) < 4.78 is 13.0. The lowest BCUT2D eigenvalue weighted by Crippen LogP contribution is -2.49. The molecule has 1 aliphatic heterocycles. The first-order chi connectivity index (χ1) is 13.2. The predicted octanol–water partition coefficient (Wildman–Crippen LogP) is 3.24. The standard InChI is InChI=1S/C22H24FN3O/c23-19-7-5-17(6-8-19)9-10-25-11-13-26(14-12-25)22(27)15-18-16-24-21-4-2-1-3-20(18)21/h1-8,16,24H,9-15H2. The topological polar surface area (TPSA) is 39.3 Å². The molecular weight excluding hydrogens is 341 g/mol. The molecular formula is C22H24FN3O. The molecule has 2 aromatic carbocycles. The highest BCUT2D eigenvalue weighted by Gasteiger charge is 2.21. The van der Waals surface area contributed by atoms with Gasteiger partial charge in [0.2, 0.25) is 5.91 Å². The van der Waals surface area contributed by atoms with Crippen LogP contribution in [0.15, 0.2) is 54.7 Å². The number of hydrogen-bond acceptors (Lipinski definition) is 2. The second-order valence-electron chi connectivity index (χ2n) is 7.14. The van der Waals surface area contributed by atoms with E-state index in [9.17, 15) is 9.18 Å². The number of halogens is 1. The molecule has 5 heteroatoms. The van der Waals surface area contributed by atoms with Crippen molar-refractivity contribution in [3.63, 3.8) is 0 Å². The number of nitrogens with zero attached hydrogens (tertiary/aromatic N) is 2. The quantitative estimate of drug-likeness (QED) is 0.754. The van der Waals surface area contributed by atoms with Crippen LogP contribution < -0.4 is 0 Å². The van der Waals surface area contributed by atoms with Crippen LogP contribution in [0.25, 0.3) is 10.9 Å². The van der Waals surface area contributed by atoms with Gasteiger partial charge in [0.1, 0.15) is 5.82 Å². The van der Waals surface area contributed by atoms with Gasteiger partial charge in [-0.3, -0.25) is 9.69 Å². The Morgan fingerprint density at radius 2 is 1.74 bits per heavy atom. The number of benzene rings is 2. The summed E-state index contributed by atoms with van der Waals surface area (Å²) in [5.74, 6) is -0.000912. The summed E-state index contributed by atoms with van der Waals surface area (Å²) in [6, 6.07) is 14.8. The average molecular weight is 365 g/mol. The van der Waals surface area contributed by atoms with Crippen molar-refractivity contribution in [1.82, 2.24) is 14.8 Å². The van der Waals surface area contributed by atoms with Gasteiger partial charge in [-0.2, -0.15) is 0 Å². The van der Waals surface area contributed by atoms with Crippen LogP contribution in [0, 0.1) is 5.82 Å². The first kappa shape index (κ1) is 17.7. The van der Waals surface area contributed by atoms with Crippen molar-refractivity contribution in [2.24, 2.45) is 0 Å². The maximum absolute atomic E-state index is 13.0. The van der Waals surface area contributed by atoms with E-state index in [2.05, 4.69) is 16.0 Å². The van der Waals surface area contributed by atoms with E-state index in [1.54, 1.807) is 0 Å². The first-order valence-corrected chi connectivity index (χ1v) is 9.48.